The molecule has 0 aliphatic heterocycles. The number of ether oxygens (including phenoxy) is 2. The maximum atomic E-state index is 5.50. The number of aromatic nitrogens is 1. The van der Waals surface area contributed by atoms with Gasteiger partial charge in [-0.2, -0.15) is 0 Å². The summed E-state index contributed by atoms with van der Waals surface area (Å²) in [6, 6.07) is 3.77. The van der Waals surface area contributed by atoms with E-state index in [9.17, 15) is 0 Å². The third-order valence-corrected chi connectivity index (χ3v) is 2.90. The molecular weight excluding hydrogens is 244 g/mol. The number of rotatable bonds is 5. The van der Waals surface area contributed by atoms with Gasteiger partial charge in [0, 0.05) is 6.42 Å². The lowest BCUT2D eigenvalue weighted by atomic mass is 10.1. The summed E-state index contributed by atoms with van der Waals surface area (Å²) in [5.74, 6) is 1.99. The van der Waals surface area contributed by atoms with Gasteiger partial charge in [-0.3, -0.25) is 0 Å². The highest BCUT2D eigenvalue weighted by atomic mass is 16.5. The molecule has 0 radical (unpaired) electrons. The van der Waals surface area contributed by atoms with Crippen molar-refractivity contribution in [2.45, 2.75) is 13.3 Å². The fraction of sp³-hybridized carbons (Fsp3) is 0.357. The van der Waals surface area contributed by atoms with E-state index in [0.29, 0.717) is 24.6 Å². The van der Waals surface area contributed by atoms with E-state index in [-0.39, 0.29) is 0 Å². The zero-order chi connectivity index (χ0) is 13.8. The lowest BCUT2D eigenvalue weighted by molar-refractivity contribution is 0.400. The Balaban J connectivity index is 2.46. The van der Waals surface area contributed by atoms with Crippen molar-refractivity contribution in [3.63, 3.8) is 0 Å². The molecule has 0 saturated carbocycles. The van der Waals surface area contributed by atoms with Crippen molar-refractivity contribution >= 4 is 0 Å². The summed E-state index contributed by atoms with van der Waals surface area (Å²) >= 11 is 0. The minimum absolute atomic E-state index is 0.513. The summed E-state index contributed by atoms with van der Waals surface area (Å²) < 4.78 is 16.2. The van der Waals surface area contributed by atoms with Gasteiger partial charge in [-0.15, -0.1) is 0 Å². The van der Waals surface area contributed by atoms with Crippen LogP contribution in [-0.4, -0.2) is 25.7 Å². The quantitative estimate of drug-likeness (QED) is 0.894. The molecule has 1 aromatic heterocycles. The zero-order valence-electron chi connectivity index (χ0n) is 11.4. The Morgan fingerprint density at radius 2 is 1.95 bits per heavy atom. The van der Waals surface area contributed by atoms with Gasteiger partial charge in [-0.25, -0.2) is 4.98 Å². The molecule has 0 aliphatic carbocycles. The molecule has 1 aromatic carbocycles. The number of nitrogens with two attached hydrogens (primary N) is 1. The van der Waals surface area contributed by atoms with Crippen LogP contribution < -0.4 is 15.2 Å². The molecule has 2 N–H and O–H groups in total. The highest BCUT2D eigenvalue weighted by Crippen LogP contribution is 2.35. The fourth-order valence-corrected chi connectivity index (χ4v) is 1.91. The molecule has 0 aliphatic rings. The molecule has 0 atom stereocenters. The Morgan fingerprint density at radius 3 is 2.58 bits per heavy atom. The van der Waals surface area contributed by atoms with E-state index < -0.39 is 0 Å². The van der Waals surface area contributed by atoms with Gasteiger partial charge < -0.3 is 19.6 Å². The minimum Gasteiger partial charge on any atom is -0.496 e. The van der Waals surface area contributed by atoms with Gasteiger partial charge in [0.25, 0.3) is 0 Å². The van der Waals surface area contributed by atoms with Crippen molar-refractivity contribution in [2.75, 3.05) is 20.8 Å². The second kappa shape index (κ2) is 5.75. The maximum Gasteiger partial charge on any atom is 0.230 e. The average molecular weight is 262 g/mol. The molecule has 2 rings (SSSR count). The van der Waals surface area contributed by atoms with Crippen LogP contribution in [0.1, 0.15) is 11.3 Å². The van der Waals surface area contributed by atoms with E-state index >= 15 is 0 Å². The molecule has 102 valence electrons. The lowest BCUT2D eigenvalue weighted by Crippen LogP contribution is -2.02. The van der Waals surface area contributed by atoms with Crippen molar-refractivity contribution in [3.8, 4) is 23.0 Å². The third-order valence-electron chi connectivity index (χ3n) is 2.90. The Kier molecular flexibility index (Phi) is 4.06. The standard InChI is InChI=1S/C14H18N2O3/c1-9-6-13(18-3)11(7-12(9)17-2)14-16-10(4-5-15)8-19-14/h6-8H,4-5,15H2,1-3H3. The van der Waals surface area contributed by atoms with Gasteiger partial charge in [-0.05, 0) is 31.2 Å². The second-order valence-electron chi connectivity index (χ2n) is 4.20. The summed E-state index contributed by atoms with van der Waals surface area (Å²) in [6.45, 7) is 2.50. The number of hydrogen-bond donors (Lipinski definition) is 1. The second-order valence-corrected chi connectivity index (χ2v) is 4.20. The van der Waals surface area contributed by atoms with Gasteiger partial charge in [0.1, 0.15) is 17.8 Å². The molecule has 1 heterocycles. The Labute approximate surface area is 112 Å². The SMILES string of the molecule is COc1cc(-c2nc(CCN)co2)c(OC)cc1C. The number of nitrogens with zero attached hydrogens (tertiary/aromatic N) is 1. The van der Waals surface area contributed by atoms with Crippen LogP contribution in [0.5, 0.6) is 11.5 Å². The normalized spacial score (nSPS) is 10.5. The molecule has 2 aromatic rings. The number of oxazole rings is 1. The van der Waals surface area contributed by atoms with E-state index in [1.54, 1.807) is 20.5 Å². The lowest BCUT2D eigenvalue weighted by Gasteiger charge is -2.10. The maximum absolute atomic E-state index is 5.50. The van der Waals surface area contributed by atoms with Gasteiger partial charge in [-0.1, -0.05) is 0 Å². The third kappa shape index (κ3) is 2.71. The van der Waals surface area contributed by atoms with Crippen LogP contribution >= 0.6 is 0 Å². The largest absolute Gasteiger partial charge is 0.496 e. The first-order chi connectivity index (χ1) is 9.19. The highest BCUT2D eigenvalue weighted by Gasteiger charge is 2.15. The fourth-order valence-electron chi connectivity index (χ4n) is 1.91. The van der Waals surface area contributed by atoms with E-state index in [0.717, 1.165) is 22.6 Å². The van der Waals surface area contributed by atoms with E-state index in [4.69, 9.17) is 19.6 Å². The van der Waals surface area contributed by atoms with E-state index in [1.165, 1.54) is 0 Å². The first kappa shape index (κ1) is 13.4. The number of methoxy groups -OCH3 is 2. The van der Waals surface area contributed by atoms with Crippen LogP contribution in [0.15, 0.2) is 22.8 Å². The smallest absolute Gasteiger partial charge is 0.230 e. The van der Waals surface area contributed by atoms with Crippen molar-refractivity contribution in [1.29, 1.82) is 0 Å². The van der Waals surface area contributed by atoms with Crippen molar-refractivity contribution in [3.05, 3.63) is 29.7 Å². The molecule has 0 saturated heterocycles. The van der Waals surface area contributed by atoms with Crippen molar-refractivity contribution in [2.24, 2.45) is 5.73 Å². The molecule has 0 bridgehead atoms. The molecule has 5 heteroatoms. The van der Waals surface area contributed by atoms with Gasteiger partial charge in [0.15, 0.2) is 0 Å². The Morgan fingerprint density at radius 1 is 1.21 bits per heavy atom. The summed E-state index contributed by atoms with van der Waals surface area (Å²) in [7, 11) is 3.25. The van der Waals surface area contributed by atoms with Crippen LogP contribution in [0.3, 0.4) is 0 Å². The molecule has 0 spiro atoms. The molecule has 0 fully saturated rings. The first-order valence-electron chi connectivity index (χ1n) is 6.07. The Hall–Kier alpha value is -2.01. The molecular formula is C14H18N2O3. The molecule has 5 nitrogen and oxygen atoms in total. The van der Waals surface area contributed by atoms with E-state index in [1.807, 2.05) is 19.1 Å². The Bertz CT molecular complexity index is 564. The van der Waals surface area contributed by atoms with E-state index in [2.05, 4.69) is 4.98 Å². The monoisotopic (exact) mass is 262 g/mol. The van der Waals surface area contributed by atoms with Gasteiger partial charge in [0.2, 0.25) is 5.89 Å². The highest BCUT2D eigenvalue weighted by molar-refractivity contribution is 5.67. The predicted octanol–water partition coefficient (Wildman–Crippen LogP) is 2.17. The zero-order valence-corrected chi connectivity index (χ0v) is 11.4. The predicted molar refractivity (Wildman–Crippen MR) is 72.5 cm³/mol. The van der Waals surface area contributed by atoms with Crippen LogP contribution in [-0.2, 0) is 6.42 Å². The number of aryl methyl sites for hydroxylation is 1. The topological polar surface area (TPSA) is 70.5 Å². The van der Waals surface area contributed by atoms with Crippen LogP contribution in [0.25, 0.3) is 11.5 Å². The summed E-state index contributed by atoms with van der Waals surface area (Å²) in [5, 5.41) is 0. The number of hydrogen-bond acceptors (Lipinski definition) is 5. The van der Waals surface area contributed by atoms with Crippen molar-refractivity contribution < 1.29 is 13.9 Å². The molecule has 0 amide bonds. The molecule has 19 heavy (non-hydrogen) atoms. The summed E-state index contributed by atoms with van der Waals surface area (Å²) in [5.41, 5.74) is 8.10. The number of benzene rings is 1. The van der Waals surface area contributed by atoms with Gasteiger partial charge >= 0.3 is 0 Å². The van der Waals surface area contributed by atoms with Gasteiger partial charge in [0.05, 0.1) is 25.5 Å². The van der Waals surface area contributed by atoms with Crippen LogP contribution in [0.2, 0.25) is 0 Å². The van der Waals surface area contributed by atoms with Crippen LogP contribution in [0.4, 0.5) is 0 Å². The summed E-state index contributed by atoms with van der Waals surface area (Å²) in [4.78, 5) is 4.40. The van der Waals surface area contributed by atoms with Crippen LogP contribution in [0, 0.1) is 6.92 Å². The minimum atomic E-state index is 0.513. The summed E-state index contributed by atoms with van der Waals surface area (Å²) in [6.07, 6.45) is 2.31. The molecule has 0 unspecified atom stereocenters. The van der Waals surface area contributed by atoms with Crippen molar-refractivity contribution in [1.82, 2.24) is 4.98 Å². The average Bonchev–Trinajstić information content (AvgIpc) is 2.87. The first-order valence-corrected chi connectivity index (χ1v) is 6.07.